The smallest absolute Gasteiger partial charge is 0.220 e. The number of carbonyl (C=O) groups excluding carboxylic acids is 1. The Morgan fingerprint density at radius 3 is 1.06 bits per heavy atom. The van der Waals surface area contributed by atoms with Crippen molar-refractivity contribution in [3.05, 3.63) is 24.3 Å². The van der Waals surface area contributed by atoms with Crippen molar-refractivity contribution in [3.8, 4) is 0 Å². The number of carbonyl (C=O) groups is 1. The Labute approximate surface area is 339 Å². The molecule has 0 aromatic carbocycles. The van der Waals surface area contributed by atoms with E-state index in [1.165, 1.54) is 225 Å². The Morgan fingerprint density at radius 2 is 0.741 bits per heavy atom. The van der Waals surface area contributed by atoms with Crippen molar-refractivity contribution in [1.29, 1.82) is 0 Å². The molecule has 3 N–H and O–H groups in total. The van der Waals surface area contributed by atoms with Crippen molar-refractivity contribution < 1.29 is 15.0 Å². The summed E-state index contributed by atoms with van der Waals surface area (Å²) in [6.07, 6.45) is 61.3. The molecule has 0 heterocycles. The first-order valence-corrected chi connectivity index (χ1v) is 24.6. The molecule has 0 saturated heterocycles. The van der Waals surface area contributed by atoms with E-state index in [2.05, 4.69) is 31.3 Å². The number of rotatable bonds is 45. The molecule has 0 radical (unpaired) electrons. The fraction of sp³-hybridized carbons (Fsp3) is 0.900. The van der Waals surface area contributed by atoms with Crippen LogP contribution in [0.2, 0.25) is 0 Å². The van der Waals surface area contributed by atoms with Crippen LogP contribution in [0.15, 0.2) is 24.3 Å². The SMILES string of the molecule is CCC/C=C/C(O)C(CO)NC(=O)CCCCCCCCCCCCCCCCCCCCCCCCCCCCC/C=C\CCCCCCCCCC. The third kappa shape index (κ3) is 42.0. The summed E-state index contributed by atoms with van der Waals surface area (Å²) in [6.45, 7) is 4.13. The average molecular weight is 760 g/mol. The van der Waals surface area contributed by atoms with Gasteiger partial charge >= 0.3 is 0 Å². The van der Waals surface area contributed by atoms with Gasteiger partial charge in [-0.15, -0.1) is 0 Å². The standard InChI is InChI=1S/C50H97NO3/c1-3-5-7-8-9-10-11-12-13-14-15-16-17-18-19-20-21-22-23-24-25-26-27-28-29-30-31-32-33-34-35-36-37-38-39-40-41-42-44-46-50(54)51-48(47-52)49(53)45-43-6-4-2/h14-15,43,45,48-49,52-53H,3-13,16-42,44,46-47H2,1-2H3,(H,51,54)/b15-14-,45-43+. The van der Waals surface area contributed by atoms with Gasteiger partial charge in [-0.3, -0.25) is 4.79 Å². The molecule has 0 fully saturated rings. The zero-order chi connectivity index (χ0) is 39.3. The van der Waals surface area contributed by atoms with Crippen LogP contribution in [-0.2, 0) is 4.79 Å². The third-order valence-corrected chi connectivity index (χ3v) is 11.4. The molecule has 2 unspecified atom stereocenters. The molecule has 0 aromatic rings. The lowest BCUT2D eigenvalue weighted by Crippen LogP contribution is -2.45. The van der Waals surface area contributed by atoms with E-state index in [0.717, 1.165) is 25.7 Å². The Balaban J connectivity index is 3.24. The van der Waals surface area contributed by atoms with Crippen molar-refractivity contribution in [3.63, 3.8) is 0 Å². The van der Waals surface area contributed by atoms with Gasteiger partial charge in [0, 0.05) is 6.42 Å². The molecule has 0 rings (SSSR count). The largest absolute Gasteiger partial charge is 0.394 e. The van der Waals surface area contributed by atoms with Crippen LogP contribution >= 0.6 is 0 Å². The Morgan fingerprint density at radius 1 is 0.426 bits per heavy atom. The first kappa shape index (κ1) is 52.9. The molecule has 2 atom stereocenters. The van der Waals surface area contributed by atoms with Gasteiger partial charge in [0.15, 0.2) is 0 Å². The number of aliphatic hydroxyl groups is 2. The molecule has 0 aromatic heterocycles. The Hall–Kier alpha value is -1.13. The van der Waals surface area contributed by atoms with E-state index in [4.69, 9.17) is 0 Å². The summed E-state index contributed by atoms with van der Waals surface area (Å²) in [4.78, 5) is 12.2. The summed E-state index contributed by atoms with van der Waals surface area (Å²) in [5.41, 5.74) is 0. The summed E-state index contributed by atoms with van der Waals surface area (Å²) in [7, 11) is 0. The molecular weight excluding hydrogens is 663 g/mol. The lowest BCUT2D eigenvalue weighted by molar-refractivity contribution is -0.123. The monoisotopic (exact) mass is 760 g/mol. The Bertz CT molecular complexity index is 780. The van der Waals surface area contributed by atoms with Crippen LogP contribution < -0.4 is 5.32 Å². The second-order valence-corrected chi connectivity index (χ2v) is 16.9. The molecule has 0 aliphatic heterocycles. The number of aliphatic hydroxyl groups excluding tert-OH is 2. The summed E-state index contributed by atoms with van der Waals surface area (Å²) >= 11 is 0. The van der Waals surface area contributed by atoms with Crippen molar-refractivity contribution in [2.24, 2.45) is 0 Å². The van der Waals surface area contributed by atoms with Gasteiger partial charge in [-0.25, -0.2) is 0 Å². The maximum atomic E-state index is 12.2. The fourth-order valence-corrected chi connectivity index (χ4v) is 7.65. The van der Waals surface area contributed by atoms with Crippen molar-refractivity contribution in [2.45, 2.75) is 283 Å². The normalized spacial score (nSPS) is 13.0. The lowest BCUT2D eigenvalue weighted by atomic mass is 10.0. The quantitative estimate of drug-likeness (QED) is 0.0428. The maximum Gasteiger partial charge on any atom is 0.220 e. The van der Waals surface area contributed by atoms with Gasteiger partial charge in [0.25, 0.3) is 0 Å². The second kappa shape index (κ2) is 46.3. The van der Waals surface area contributed by atoms with E-state index in [0.29, 0.717) is 6.42 Å². The highest BCUT2D eigenvalue weighted by Crippen LogP contribution is 2.17. The predicted octanol–water partition coefficient (Wildman–Crippen LogP) is 15.6. The molecule has 0 bridgehead atoms. The van der Waals surface area contributed by atoms with Crippen LogP contribution in [0, 0.1) is 0 Å². The fourth-order valence-electron chi connectivity index (χ4n) is 7.65. The van der Waals surface area contributed by atoms with Gasteiger partial charge in [-0.2, -0.15) is 0 Å². The van der Waals surface area contributed by atoms with Crippen LogP contribution in [0.4, 0.5) is 0 Å². The number of unbranched alkanes of at least 4 members (excludes halogenated alkanes) is 36. The molecule has 1 amide bonds. The first-order valence-electron chi connectivity index (χ1n) is 24.6. The molecular formula is C50H97NO3. The summed E-state index contributed by atoms with van der Waals surface area (Å²) in [5, 5.41) is 22.4. The van der Waals surface area contributed by atoms with Crippen molar-refractivity contribution >= 4 is 5.91 Å². The minimum atomic E-state index is -0.831. The highest BCUT2D eigenvalue weighted by molar-refractivity contribution is 5.76. The van der Waals surface area contributed by atoms with Crippen LogP contribution in [0.3, 0.4) is 0 Å². The van der Waals surface area contributed by atoms with Gasteiger partial charge in [0.1, 0.15) is 0 Å². The molecule has 54 heavy (non-hydrogen) atoms. The average Bonchev–Trinajstić information content (AvgIpc) is 3.17. The van der Waals surface area contributed by atoms with Crippen LogP contribution in [0.1, 0.15) is 271 Å². The number of amides is 1. The zero-order valence-corrected chi connectivity index (χ0v) is 36.8. The minimum absolute atomic E-state index is 0.0718. The predicted molar refractivity (Wildman–Crippen MR) is 239 cm³/mol. The number of allylic oxidation sites excluding steroid dienone is 3. The van der Waals surface area contributed by atoms with E-state index >= 15 is 0 Å². The van der Waals surface area contributed by atoms with E-state index in [1.807, 2.05) is 6.08 Å². The molecule has 0 aliphatic carbocycles. The van der Waals surface area contributed by atoms with E-state index < -0.39 is 12.1 Å². The summed E-state index contributed by atoms with van der Waals surface area (Å²) < 4.78 is 0. The lowest BCUT2D eigenvalue weighted by Gasteiger charge is -2.19. The molecule has 0 saturated carbocycles. The first-order chi connectivity index (χ1) is 26.7. The molecule has 0 aliphatic rings. The number of hydrogen-bond acceptors (Lipinski definition) is 3. The number of hydrogen-bond donors (Lipinski definition) is 3. The van der Waals surface area contributed by atoms with Gasteiger partial charge < -0.3 is 15.5 Å². The van der Waals surface area contributed by atoms with E-state index in [-0.39, 0.29) is 12.5 Å². The highest BCUT2D eigenvalue weighted by Gasteiger charge is 2.17. The molecule has 4 heteroatoms. The van der Waals surface area contributed by atoms with Crippen molar-refractivity contribution in [2.75, 3.05) is 6.61 Å². The minimum Gasteiger partial charge on any atom is -0.394 e. The van der Waals surface area contributed by atoms with E-state index in [9.17, 15) is 15.0 Å². The molecule has 4 nitrogen and oxygen atoms in total. The van der Waals surface area contributed by atoms with Gasteiger partial charge in [0.2, 0.25) is 5.91 Å². The molecule has 320 valence electrons. The van der Waals surface area contributed by atoms with Crippen LogP contribution in [0.5, 0.6) is 0 Å². The van der Waals surface area contributed by atoms with Gasteiger partial charge in [0.05, 0.1) is 18.8 Å². The highest BCUT2D eigenvalue weighted by atomic mass is 16.3. The topological polar surface area (TPSA) is 69.6 Å². The maximum absolute atomic E-state index is 12.2. The second-order valence-electron chi connectivity index (χ2n) is 16.9. The zero-order valence-electron chi connectivity index (χ0n) is 36.8. The van der Waals surface area contributed by atoms with Crippen molar-refractivity contribution in [1.82, 2.24) is 5.32 Å². The Kier molecular flexibility index (Phi) is 45.3. The van der Waals surface area contributed by atoms with Crippen LogP contribution in [-0.4, -0.2) is 34.9 Å². The number of nitrogens with one attached hydrogen (secondary N) is 1. The van der Waals surface area contributed by atoms with Crippen LogP contribution in [0.25, 0.3) is 0 Å². The van der Waals surface area contributed by atoms with E-state index in [1.54, 1.807) is 6.08 Å². The van der Waals surface area contributed by atoms with Gasteiger partial charge in [-0.1, -0.05) is 250 Å². The molecule has 0 spiro atoms. The van der Waals surface area contributed by atoms with Gasteiger partial charge in [-0.05, 0) is 38.5 Å². The summed E-state index contributed by atoms with van der Waals surface area (Å²) in [5.74, 6) is -0.0718. The third-order valence-electron chi connectivity index (χ3n) is 11.4. The summed E-state index contributed by atoms with van der Waals surface area (Å²) in [6, 6.07) is -0.614.